The van der Waals surface area contributed by atoms with Crippen molar-refractivity contribution in [2.45, 2.75) is 32.7 Å². The molecule has 0 spiro atoms. The molecule has 1 aliphatic rings. The number of hydrogen-bond acceptors (Lipinski definition) is 4. The smallest absolute Gasteiger partial charge is 0.279 e. The first-order chi connectivity index (χ1) is 13.0. The molecule has 0 saturated heterocycles. The molecular formula is C19H18Cl2N4O2. The van der Waals surface area contributed by atoms with E-state index in [1.807, 2.05) is 24.3 Å². The van der Waals surface area contributed by atoms with Crippen molar-refractivity contribution in [3.63, 3.8) is 0 Å². The molecule has 1 aliphatic carbocycles. The Balaban J connectivity index is 1.50. The van der Waals surface area contributed by atoms with Crippen LogP contribution in [0.4, 0.5) is 5.82 Å². The normalized spacial score (nSPS) is 16.2. The van der Waals surface area contributed by atoms with Crippen LogP contribution >= 0.6 is 23.2 Å². The molecular weight excluding hydrogens is 387 g/mol. The molecule has 1 aromatic carbocycles. The highest BCUT2D eigenvalue weighted by Gasteiger charge is 2.27. The summed E-state index contributed by atoms with van der Waals surface area (Å²) in [5.74, 6) is 1.26. The van der Waals surface area contributed by atoms with Crippen LogP contribution in [0.2, 0.25) is 10.0 Å². The zero-order valence-corrected chi connectivity index (χ0v) is 16.2. The summed E-state index contributed by atoms with van der Waals surface area (Å²) in [5.41, 5.74) is 2.24. The van der Waals surface area contributed by atoms with Gasteiger partial charge in [0.2, 0.25) is 0 Å². The van der Waals surface area contributed by atoms with E-state index in [0.717, 1.165) is 36.1 Å². The first-order valence-corrected chi connectivity index (χ1v) is 9.51. The van der Waals surface area contributed by atoms with Crippen molar-refractivity contribution < 1.29 is 9.32 Å². The molecule has 6 nitrogen and oxygen atoms in total. The second-order valence-electron chi connectivity index (χ2n) is 6.88. The van der Waals surface area contributed by atoms with Crippen molar-refractivity contribution >= 4 is 34.9 Å². The minimum Gasteiger partial charge on any atom is -0.360 e. The van der Waals surface area contributed by atoms with Gasteiger partial charge in [-0.3, -0.25) is 9.48 Å². The molecule has 27 heavy (non-hydrogen) atoms. The lowest BCUT2D eigenvalue weighted by Crippen LogP contribution is -2.18. The number of nitrogens with one attached hydrogen (secondary N) is 1. The molecule has 0 fully saturated rings. The second-order valence-corrected chi connectivity index (χ2v) is 7.73. The highest BCUT2D eigenvalue weighted by atomic mass is 35.5. The number of carbonyl (C=O) groups excluding carboxylic acids is 1. The Morgan fingerprint density at radius 2 is 2.11 bits per heavy atom. The molecule has 140 valence electrons. The maximum absolute atomic E-state index is 12.7. The molecule has 1 N–H and O–H groups in total. The number of aryl methyl sites for hydroxylation is 1. The fourth-order valence-electron chi connectivity index (χ4n) is 3.26. The van der Waals surface area contributed by atoms with Gasteiger partial charge in [0.25, 0.3) is 5.91 Å². The van der Waals surface area contributed by atoms with E-state index >= 15 is 0 Å². The predicted molar refractivity (Wildman–Crippen MR) is 103 cm³/mol. The number of carbonyl (C=O) groups is 1. The van der Waals surface area contributed by atoms with Crippen LogP contribution in [-0.4, -0.2) is 20.8 Å². The van der Waals surface area contributed by atoms with Crippen molar-refractivity contribution in [1.82, 2.24) is 14.9 Å². The molecule has 0 saturated carbocycles. The van der Waals surface area contributed by atoms with Crippen LogP contribution < -0.4 is 5.32 Å². The molecule has 3 aromatic rings. The fourth-order valence-corrected chi connectivity index (χ4v) is 3.59. The van der Waals surface area contributed by atoms with Crippen molar-refractivity contribution in [3.05, 3.63) is 63.1 Å². The number of benzene rings is 1. The summed E-state index contributed by atoms with van der Waals surface area (Å²) < 4.78 is 7.01. The minimum atomic E-state index is -0.354. The number of nitrogens with zero attached hydrogens (tertiary/aromatic N) is 3. The molecule has 0 aliphatic heterocycles. The molecule has 8 heteroatoms. The molecule has 1 amide bonds. The Bertz CT molecular complexity index is 978. The van der Waals surface area contributed by atoms with Gasteiger partial charge in [-0.15, -0.1) is 0 Å². The van der Waals surface area contributed by atoms with Gasteiger partial charge in [-0.05, 0) is 36.5 Å². The Labute approximate surface area is 166 Å². The molecule has 0 radical (unpaired) electrons. The average molecular weight is 405 g/mol. The van der Waals surface area contributed by atoms with Crippen molar-refractivity contribution in [2.75, 3.05) is 5.32 Å². The lowest BCUT2D eigenvalue weighted by Gasteiger charge is -2.16. The maximum Gasteiger partial charge on any atom is 0.279 e. The number of aromatic nitrogens is 3. The predicted octanol–water partition coefficient (Wildman–Crippen LogP) is 4.60. The van der Waals surface area contributed by atoms with Gasteiger partial charge in [0.15, 0.2) is 11.5 Å². The third-order valence-corrected chi connectivity index (χ3v) is 5.24. The summed E-state index contributed by atoms with van der Waals surface area (Å²) in [5, 5.41) is 12.1. The third-order valence-electron chi connectivity index (χ3n) is 4.71. The van der Waals surface area contributed by atoms with Crippen LogP contribution in [0.5, 0.6) is 0 Å². The van der Waals surface area contributed by atoms with E-state index in [9.17, 15) is 4.79 Å². The van der Waals surface area contributed by atoms with E-state index in [4.69, 9.17) is 27.7 Å². The Morgan fingerprint density at radius 3 is 2.89 bits per heavy atom. The third kappa shape index (κ3) is 3.87. The van der Waals surface area contributed by atoms with Gasteiger partial charge in [0.05, 0.1) is 6.54 Å². The quantitative estimate of drug-likeness (QED) is 0.689. The van der Waals surface area contributed by atoms with E-state index in [2.05, 4.69) is 22.5 Å². The van der Waals surface area contributed by atoms with E-state index < -0.39 is 0 Å². The van der Waals surface area contributed by atoms with E-state index in [1.54, 1.807) is 10.9 Å². The fraction of sp³-hybridized carbons (Fsp3) is 0.316. The maximum atomic E-state index is 12.7. The second kappa shape index (κ2) is 7.37. The van der Waals surface area contributed by atoms with Crippen molar-refractivity contribution in [3.8, 4) is 0 Å². The number of hydrogen-bond donors (Lipinski definition) is 1. The van der Waals surface area contributed by atoms with Crippen LogP contribution in [0.3, 0.4) is 0 Å². The monoisotopic (exact) mass is 404 g/mol. The number of amides is 1. The van der Waals surface area contributed by atoms with Gasteiger partial charge < -0.3 is 9.84 Å². The molecule has 1 unspecified atom stereocenters. The summed E-state index contributed by atoms with van der Waals surface area (Å²) in [6.45, 7) is 2.68. The Kier molecular flexibility index (Phi) is 4.93. The van der Waals surface area contributed by atoms with Gasteiger partial charge in [0, 0.05) is 23.2 Å². The number of rotatable bonds is 4. The Morgan fingerprint density at radius 1 is 1.33 bits per heavy atom. The van der Waals surface area contributed by atoms with Gasteiger partial charge in [0.1, 0.15) is 10.8 Å². The van der Waals surface area contributed by atoms with E-state index in [0.29, 0.717) is 34.0 Å². The van der Waals surface area contributed by atoms with Crippen LogP contribution in [-0.2, 0) is 19.4 Å². The first kappa shape index (κ1) is 18.1. The molecule has 0 bridgehead atoms. The lowest BCUT2D eigenvalue weighted by atomic mass is 9.88. The Hall–Kier alpha value is -2.31. The van der Waals surface area contributed by atoms with Crippen molar-refractivity contribution in [1.29, 1.82) is 0 Å². The number of halogens is 2. The standard InChI is InChI=1S/C19H18Cl2N4O2/c1-11-2-7-16-14(8-11)17(24-27-16)19(26)22-18-15(21)10-25(23-18)9-12-3-5-13(20)6-4-12/h3-6,10-11H,2,7-9H2,1H3,(H,22,23,26). The first-order valence-electron chi connectivity index (χ1n) is 8.75. The number of anilines is 1. The largest absolute Gasteiger partial charge is 0.360 e. The van der Waals surface area contributed by atoms with Crippen LogP contribution in [0.25, 0.3) is 0 Å². The van der Waals surface area contributed by atoms with Gasteiger partial charge in [-0.25, -0.2) is 0 Å². The van der Waals surface area contributed by atoms with Crippen LogP contribution in [0, 0.1) is 5.92 Å². The summed E-state index contributed by atoms with van der Waals surface area (Å²) in [6.07, 6.45) is 4.32. The zero-order chi connectivity index (χ0) is 19.0. The summed E-state index contributed by atoms with van der Waals surface area (Å²) in [6, 6.07) is 7.47. The van der Waals surface area contributed by atoms with E-state index in [1.165, 1.54) is 0 Å². The van der Waals surface area contributed by atoms with Gasteiger partial charge >= 0.3 is 0 Å². The summed E-state index contributed by atoms with van der Waals surface area (Å²) in [7, 11) is 0. The SMILES string of the molecule is CC1CCc2onc(C(=O)Nc3nn(Cc4ccc(Cl)cc4)cc3Cl)c2C1. The van der Waals surface area contributed by atoms with Crippen LogP contribution in [0.1, 0.15) is 40.7 Å². The highest BCUT2D eigenvalue weighted by Crippen LogP contribution is 2.29. The molecule has 1 atom stereocenters. The summed E-state index contributed by atoms with van der Waals surface area (Å²) >= 11 is 12.2. The topological polar surface area (TPSA) is 73.0 Å². The number of fused-ring (bicyclic) bond motifs is 1. The molecule has 2 aromatic heterocycles. The molecule has 4 rings (SSSR count). The lowest BCUT2D eigenvalue weighted by molar-refractivity contribution is 0.101. The zero-order valence-electron chi connectivity index (χ0n) is 14.7. The highest BCUT2D eigenvalue weighted by molar-refractivity contribution is 6.33. The average Bonchev–Trinajstić information content (AvgIpc) is 3.20. The molecule has 2 heterocycles. The van der Waals surface area contributed by atoms with Gasteiger partial charge in [-0.2, -0.15) is 5.10 Å². The summed E-state index contributed by atoms with van der Waals surface area (Å²) in [4.78, 5) is 12.7. The van der Waals surface area contributed by atoms with Gasteiger partial charge in [-0.1, -0.05) is 47.4 Å². The van der Waals surface area contributed by atoms with Crippen LogP contribution in [0.15, 0.2) is 35.0 Å². The van der Waals surface area contributed by atoms with Crippen molar-refractivity contribution in [2.24, 2.45) is 5.92 Å². The van der Waals surface area contributed by atoms with E-state index in [-0.39, 0.29) is 5.91 Å². The minimum absolute atomic E-state index is 0.302.